The van der Waals surface area contributed by atoms with Gasteiger partial charge in [-0.1, -0.05) is 19.1 Å². The van der Waals surface area contributed by atoms with Crippen LogP contribution in [0.25, 0.3) is 0 Å². The van der Waals surface area contributed by atoms with E-state index in [4.69, 9.17) is 4.74 Å². The fourth-order valence-corrected chi connectivity index (χ4v) is 3.79. The van der Waals surface area contributed by atoms with Crippen LogP contribution in [0.1, 0.15) is 32.3 Å². The first-order valence-corrected chi connectivity index (χ1v) is 10.1. The quantitative estimate of drug-likeness (QED) is 0.853. The minimum atomic E-state index is -0.524. The molecule has 0 bridgehead atoms. The fourth-order valence-electron chi connectivity index (χ4n) is 3.79. The molecule has 1 N–H and O–H groups in total. The average molecular weight is 373 g/mol. The normalized spacial score (nSPS) is 19.6. The fraction of sp³-hybridized carbons (Fsp3) is 0.619. The predicted octanol–water partition coefficient (Wildman–Crippen LogP) is 1.69. The third kappa shape index (κ3) is 5.01. The lowest BCUT2D eigenvalue weighted by atomic mass is 9.96. The number of carbonyl (C=O) groups excluding carboxylic acids is 2. The van der Waals surface area contributed by atoms with Crippen molar-refractivity contribution in [3.05, 3.63) is 29.8 Å². The maximum Gasteiger partial charge on any atom is 0.263 e. The number of amides is 2. The van der Waals surface area contributed by atoms with Gasteiger partial charge in [-0.05, 0) is 57.0 Å². The number of piperidine rings is 1. The predicted molar refractivity (Wildman–Crippen MR) is 105 cm³/mol. The Morgan fingerprint density at radius 3 is 2.26 bits per heavy atom. The molecule has 0 aliphatic carbocycles. The molecule has 2 aliphatic rings. The van der Waals surface area contributed by atoms with E-state index in [0.29, 0.717) is 31.9 Å². The molecule has 0 radical (unpaired) electrons. The molecule has 2 fully saturated rings. The summed E-state index contributed by atoms with van der Waals surface area (Å²) < 4.78 is 5.82. The van der Waals surface area contributed by atoms with E-state index >= 15 is 0 Å². The number of carbonyl (C=O) groups is 2. The number of hydrogen-bond acceptors (Lipinski definition) is 4. The maximum absolute atomic E-state index is 12.7. The van der Waals surface area contributed by atoms with Gasteiger partial charge in [0.2, 0.25) is 5.91 Å². The third-order valence-electron chi connectivity index (χ3n) is 5.58. The van der Waals surface area contributed by atoms with Gasteiger partial charge in [0.05, 0.1) is 0 Å². The van der Waals surface area contributed by atoms with Gasteiger partial charge < -0.3 is 19.9 Å². The van der Waals surface area contributed by atoms with Gasteiger partial charge in [-0.2, -0.15) is 0 Å². The molecule has 1 aromatic rings. The molecule has 1 atom stereocenters. The number of ether oxygens (including phenoxy) is 1. The van der Waals surface area contributed by atoms with Gasteiger partial charge >= 0.3 is 0 Å². The van der Waals surface area contributed by atoms with Crippen molar-refractivity contribution in [1.29, 1.82) is 0 Å². The van der Waals surface area contributed by atoms with E-state index in [1.54, 1.807) is 6.92 Å². The lowest BCUT2D eigenvalue weighted by molar-refractivity contribution is -0.145. The van der Waals surface area contributed by atoms with Crippen molar-refractivity contribution in [3.8, 4) is 5.75 Å². The third-order valence-corrected chi connectivity index (χ3v) is 5.58. The number of rotatable bonds is 5. The van der Waals surface area contributed by atoms with E-state index in [9.17, 15) is 9.59 Å². The highest BCUT2D eigenvalue weighted by Gasteiger charge is 2.31. The second-order valence-electron chi connectivity index (χ2n) is 7.43. The maximum atomic E-state index is 12.7. The van der Waals surface area contributed by atoms with Gasteiger partial charge in [-0.3, -0.25) is 9.59 Å². The van der Waals surface area contributed by atoms with Gasteiger partial charge in [0.1, 0.15) is 5.75 Å². The first kappa shape index (κ1) is 19.7. The zero-order chi connectivity index (χ0) is 19.2. The van der Waals surface area contributed by atoms with Crippen LogP contribution >= 0.6 is 0 Å². The van der Waals surface area contributed by atoms with Crippen molar-refractivity contribution in [2.75, 3.05) is 39.3 Å². The summed E-state index contributed by atoms with van der Waals surface area (Å²) in [6.45, 7) is 8.14. The van der Waals surface area contributed by atoms with Crippen LogP contribution in [-0.4, -0.2) is 67.0 Å². The number of hydrogen-bond donors (Lipinski definition) is 1. The van der Waals surface area contributed by atoms with Crippen LogP contribution < -0.4 is 10.1 Å². The Bertz CT molecular complexity index is 633. The monoisotopic (exact) mass is 373 g/mol. The summed E-state index contributed by atoms with van der Waals surface area (Å²) in [6.07, 6.45) is 2.29. The molecule has 2 saturated heterocycles. The Morgan fingerprint density at radius 1 is 1.07 bits per heavy atom. The SMILES string of the molecule is CCc1ccc(OC(C)C(=O)N2CCN(C(=O)C3CCNCC3)CC2)cc1. The van der Waals surface area contributed by atoms with Gasteiger partial charge in [0, 0.05) is 32.1 Å². The molecule has 1 aromatic carbocycles. The second kappa shape index (κ2) is 9.22. The molecule has 6 nitrogen and oxygen atoms in total. The van der Waals surface area contributed by atoms with E-state index in [1.165, 1.54) is 5.56 Å². The van der Waals surface area contributed by atoms with Crippen molar-refractivity contribution >= 4 is 11.8 Å². The largest absolute Gasteiger partial charge is 0.481 e. The minimum Gasteiger partial charge on any atom is -0.481 e. The molecule has 0 aromatic heterocycles. The van der Waals surface area contributed by atoms with E-state index in [1.807, 2.05) is 34.1 Å². The molecule has 6 heteroatoms. The molecule has 0 spiro atoms. The highest BCUT2D eigenvalue weighted by Crippen LogP contribution is 2.18. The summed E-state index contributed by atoms with van der Waals surface area (Å²) in [6, 6.07) is 7.88. The van der Waals surface area contributed by atoms with Gasteiger partial charge in [0.15, 0.2) is 6.10 Å². The van der Waals surface area contributed by atoms with Crippen LogP contribution in [0, 0.1) is 5.92 Å². The van der Waals surface area contributed by atoms with Gasteiger partial charge in [0.25, 0.3) is 5.91 Å². The molecule has 2 heterocycles. The molecular formula is C21H31N3O3. The molecule has 3 rings (SSSR count). The van der Waals surface area contributed by atoms with Crippen LogP contribution in [0.3, 0.4) is 0 Å². The Hall–Kier alpha value is -2.08. The molecule has 148 valence electrons. The average Bonchev–Trinajstić information content (AvgIpc) is 2.74. The topological polar surface area (TPSA) is 61.9 Å². The standard InChI is InChI=1S/C21H31N3O3/c1-3-17-4-6-19(7-5-17)27-16(2)20(25)23-12-14-24(15-13-23)21(26)18-8-10-22-11-9-18/h4-7,16,18,22H,3,8-15H2,1-2H3. The van der Waals surface area contributed by atoms with Crippen LogP contribution in [0.5, 0.6) is 5.75 Å². The number of benzene rings is 1. The smallest absolute Gasteiger partial charge is 0.263 e. The number of piperazine rings is 1. The van der Waals surface area contributed by atoms with Crippen molar-refractivity contribution in [1.82, 2.24) is 15.1 Å². The van der Waals surface area contributed by atoms with Crippen LogP contribution in [0.2, 0.25) is 0 Å². The molecule has 2 aliphatic heterocycles. The zero-order valence-electron chi connectivity index (χ0n) is 16.4. The first-order valence-electron chi connectivity index (χ1n) is 10.1. The Balaban J connectivity index is 1.47. The molecule has 0 saturated carbocycles. The van der Waals surface area contributed by atoms with E-state index in [2.05, 4.69) is 12.2 Å². The van der Waals surface area contributed by atoms with Crippen molar-refractivity contribution < 1.29 is 14.3 Å². The van der Waals surface area contributed by atoms with Crippen molar-refractivity contribution in [2.24, 2.45) is 5.92 Å². The summed E-state index contributed by atoms with van der Waals surface area (Å²) in [5.41, 5.74) is 1.25. The van der Waals surface area contributed by atoms with Crippen LogP contribution in [0.4, 0.5) is 0 Å². The minimum absolute atomic E-state index is 0.0106. The van der Waals surface area contributed by atoms with Crippen molar-refractivity contribution in [2.45, 2.75) is 39.2 Å². The van der Waals surface area contributed by atoms with E-state index in [-0.39, 0.29) is 17.7 Å². The second-order valence-corrected chi connectivity index (χ2v) is 7.43. The summed E-state index contributed by atoms with van der Waals surface area (Å²) in [5, 5.41) is 3.30. The van der Waals surface area contributed by atoms with Crippen molar-refractivity contribution in [3.63, 3.8) is 0 Å². The Kier molecular flexibility index (Phi) is 6.72. The highest BCUT2D eigenvalue weighted by molar-refractivity contribution is 5.82. The summed E-state index contributed by atoms with van der Waals surface area (Å²) in [7, 11) is 0. The molecule has 2 amide bonds. The highest BCUT2D eigenvalue weighted by atomic mass is 16.5. The lowest BCUT2D eigenvalue weighted by Gasteiger charge is -2.38. The summed E-state index contributed by atoms with van der Waals surface area (Å²) in [5.74, 6) is 1.10. The zero-order valence-corrected chi connectivity index (χ0v) is 16.4. The molecule has 1 unspecified atom stereocenters. The van der Waals surface area contributed by atoms with E-state index in [0.717, 1.165) is 32.4 Å². The molecular weight excluding hydrogens is 342 g/mol. The summed E-state index contributed by atoms with van der Waals surface area (Å²) >= 11 is 0. The van der Waals surface area contributed by atoms with Gasteiger partial charge in [-0.25, -0.2) is 0 Å². The van der Waals surface area contributed by atoms with Crippen LogP contribution in [-0.2, 0) is 16.0 Å². The summed E-state index contributed by atoms with van der Waals surface area (Å²) in [4.78, 5) is 29.1. The van der Waals surface area contributed by atoms with Gasteiger partial charge in [-0.15, -0.1) is 0 Å². The lowest BCUT2D eigenvalue weighted by Crippen LogP contribution is -2.54. The first-order chi connectivity index (χ1) is 13.1. The van der Waals surface area contributed by atoms with E-state index < -0.39 is 6.10 Å². The number of aryl methyl sites for hydroxylation is 1. The Morgan fingerprint density at radius 2 is 1.67 bits per heavy atom. The number of nitrogens with one attached hydrogen (secondary N) is 1. The molecule has 27 heavy (non-hydrogen) atoms. The van der Waals surface area contributed by atoms with Crippen LogP contribution in [0.15, 0.2) is 24.3 Å². The number of nitrogens with zero attached hydrogens (tertiary/aromatic N) is 2. The Labute approximate surface area is 161 Å².